The number of amides is 1. The highest BCUT2D eigenvalue weighted by molar-refractivity contribution is 6.31. The molecule has 422 valence electrons. The van der Waals surface area contributed by atoms with E-state index in [0.29, 0.717) is 52.1 Å². The van der Waals surface area contributed by atoms with Gasteiger partial charge in [0.15, 0.2) is 40.9 Å². The number of ether oxygens (including phenoxy) is 4. The number of nitrogens with zero attached hydrogens (tertiary/aromatic N) is 2. The SMILES string of the molecule is C.N[C@H](CN1CCCC1)C(O)c1cc(F)c2c(c1)OCCO2.O.O=C(N[C@H](CN1CCCC1)[C@H](O)c1cc(F)c2c(c1)OCCO2)C(F)(F)CCc1ccc2cc(Cl)ccc2c1.O=CC(F)(F)c1ccc2cc(Cl)ccc2c1. The molecule has 78 heavy (non-hydrogen) atoms. The van der Waals surface area contributed by atoms with E-state index in [-0.39, 0.29) is 73.7 Å². The van der Waals surface area contributed by atoms with Gasteiger partial charge in [-0.25, -0.2) is 8.78 Å². The van der Waals surface area contributed by atoms with E-state index in [2.05, 4.69) is 10.2 Å². The Hall–Kier alpha value is -5.90. The minimum atomic E-state index is -3.68. The molecular formula is C57H64Cl2F6N4O9. The number of aliphatic hydroxyl groups excluding tert-OH is 2. The molecule has 2 fully saturated rings. The second kappa shape index (κ2) is 27.3. The Bertz CT molecular complexity index is 3000. The summed E-state index contributed by atoms with van der Waals surface area (Å²) in [6.45, 7) is 5.34. The Balaban J connectivity index is 0.000000211. The lowest BCUT2D eigenvalue weighted by Gasteiger charge is -2.30. The first-order chi connectivity index (χ1) is 36.4. The summed E-state index contributed by atoms with van der Waals surface area (Å²) in [5.74, 6) is -9.32. The van der Waals surface area contributed by atoms with E-state index in [1.807, 2.05) is 17.0 Å². The van der Waals surface area contributed by atoms with E-state index < -0.39 is 60.1 Å². The number of hydrogen-bond donors (Lipinski definition) is 4. The molecule has 1 unspecified atom stereocenters. The quantitative estimate of drug-likeness (QED) is 0.0566. The maximum atomic E-state index is 15.1. The molecule has 4 aliphatic heterocycles. The lowest BCUT2D eigenvalue weighted by Crippen LogP contribution is -2.51. The average Bonchev–Trinajstić information content (AvgIpc) is 4.15. The summed E-state index contributed by atoms with van der Waals surface area (Å²) in [7, 11) is 0. The molecule has 2 saturated heterocycles. The van der Waals surface area contributed by atoms with Crippen molar-refractivity contribution in [2.24, 2.45) is 5.73 Å². The molecule has 13 nitrogen and oxygen atoms in total. The largest absolute Gasteiger partial charge is 0.486 e. The number of hydrogen-bond acceptors (Lipinski definition) is 11. The fraction of sp³-hybridized carbons (Fsp3) is 0.404. The predicted molar refractivity (Wildman–Crippen MR) is 287 cm³/mol. The number of aryl methyl sites for hydroxylation is 1. The van der Waals surface area contributed by atoms with Crippen molar-refractivity contribution < 1.29 is 70.6 Å². The molecule has 4 heterocycles. The zero-order chi connectivity index (χ0) is 54.1. The van der Waals surface area contributed by atoms with Crippen molar-refractivity contribution in [2.45, 2.75) is 82.1 Å². The number of halogens is 8. The van der Waals surface area contributed by atoms with Gasteiger partial charge in [0.2, 0.25) is 0 Å². The van der Waals surface area contributed by atoms with Gasteiger partial charge in [-0.15, -0.1) is 0 Å². The van der Waals surface area contributed by atoms with E-state index in [0.717, 1.165) is 61.2 Å². The lowest BCUT2D eigenvalue weighted by molar-refractivity contribution is -0.148. The van der Waals surface area contributed by atoms with Crippen LogP contribution in [0.3, 0.4) is 0 Å². The molecule has 0 spiro atoms. The van der Waals surface area contributed by atoms with Crippen molar-refractivity contribution >= 4 is 56.9 Å². The summed E-state index contributed by atoms with van der Waals surface area (Å²) in [6, 6.07) is 23.5. The predicted octanol–water partition coefficient (Wildman–Crippen LogP) is 9.93. The Morgan fingerprint density at radius 2 is 1.12 bits per heavy atom. The van der Waals surface area contributed by atoms with Crippen LogP contribution in [-0.4, -0.2) is 121 Å². The third-order valence-electron chi connectivity index (χ3n) is 13.6. The number of nitrogens with one attached hydrogen (secondary N) is 1. The van der Waals surface area contributed by atoms with Crippen molar-refractivity contribution in [3.05, 3.63) is 141 Å². The van der Waals surface area contributed by atoms with Gasteiger partial charge in [0.25, 0.3) is 5.91 Å². The Labute approximate surface area is 458 Å². The van der Waals surface area contributed by atoms with Crippen LogP contribution < -0.4 is 30.0 Å². The maximum Gasteiger partial charge on any atom is 0.327 e. The average molecular weight is 1130 g/mol. The third kappa shape index (κ3) is 15.5. The second-order valence-corrected chi connectivity index (χ2v) is 20.1. The Morgan fingerprint density at radius 3 is 1.65 bits per heavy atom. The standard InChI is InChI=1S/C29H30ClF3N2O4.C15H21FN2O3.C12H7ClF2O.CH4.H2O/c30-22-6-5-19-13-18(3-4-20(19)14-22)7-8-29(32,33)28(37)34-24(17-35-9-1-2-10-35)26(36)21-15-23(31)27-25(16-21)38-11-12-39-27;16-11-7-10(8-13-15(11)21-6-5-20-13)14(19)12(17)9-18-3-1-2-4-18;13-11-4-2-8-5-10(12(14,15)7-16)3-1-9(8)6-11;;/h3-6,13-16,24,26,36H,1-2,7-12,17H2,(H,34,37);7-8,12,14,19H,1-6,9,17H2;1-7H;1H4;1H2/t24-,26-;12-,14?;;;/m11.../s1. The highest BCUT2D eigenvalue weighted by atomic mass is 35.5. The van der Waals surface area contributed by atoms with Gasteiger partial charge in [-0.3, -0.25) is 9.59 Å². The molecule has 0 aromatic heterocycles. The van der Waals surface area contributed by atoms with Crippen LogP contribution in [0.2, 0.25) is 10.0 Å². The lowest BCUT2D eigenvalue weighted by atomic mass is 9.99. The fourth-order valence-electron chi connectivity index (χ4n) is 9.52. The van der Waals surface area contributed by atoms with Gasteiger partial charge < -0.3 is 55.5 Å². The van der Waals surface area contributed by atoms with Gasteiger partial charge in [0, 0.05) is 41.2 Å². The van der Waals surface area contributed by atoms with Gasteiger partial charge in [-0.05, 0) is 151 Å². The van der Waals surface area contributed by atoms with Gasteiger partial charge in [-0.1, -0.05) is 73.1 Å². The molecule has 4 aliphatic rings. The molecule has 10 rings (SSSR count). The number of aldehydes is 1. The van der Waals surface area contributed by atoms with Gasteiger partial charge >= 0.3 is 11.8 Å². The normalized spacial score (nSPS) is 16.8. The van der Waals surface area contributed by atoms with Crippen molar-refractivity contribution in [2.75, 3.05) is 65.7 Å². The van der Waals surface area contributed by atoms with Crippen LogP contribution in [0.4, 0.5) is 26.3 Å². The van der Waals surface area contributed by atoms with Crippen molar-refractivity contribution in [1.82, 2.24) is 15.1 Å². The first-order valence-corrected chi connectivity index (χ1v) is 25.8. The Kier molecular flexibility index (Phi) is 21.5. The van der Waals surface area contributed by atoms with E-state index >= 15 is 8.78 Å². The van der Waals surface area contributed by atoms with E-state index in [1.165, 1.54) is 43.2 Å². The van der Waals surface area contributed by atoms with Gasteiger partial charge in [0.05, 0.1) is 12.1 Å². The minimum Gasteiger partial charge on any atom is -0.486 e. The topological polar surface area (TPSA) is 188 Å². The Morgan fingerprint density at radius 1 is 0.654 bits per heavy atom. The smallest absolute Gasteiger partial charge is 0.327 e. The molecular weight excluding hydrogens is 1070 g/mol. The molecule has 0 aliphatic carbocycles. The molecule has 6 aromatic rings. The fourth-order valence-corrected chi connectivity index (χ4v) is 9.88. The molecule has 6 aromatic carbocycles. The van der Waals surface area contributed by atoms with Crippen LogP contribution in [-0.2, 0) is 21.9 Å². The zero-order valence-corrected chi connectivity index (χ0v) is 43.3. The minimum absolute atomic E-state index is 0. The van der Waals surface area contributed by atoms with Crippen LogP contribution >= 0.6 is 23.2 Å². The van der Waals surface area contributed by atoms with Crippen LogP contribution in [0.15, 0.2) is 97.1 Å². The summed E-state index contributed by atoms with van der Waals surface area (Å²) >= 11 is 11.8. The number of fused-ring (bicyclic) bond motifs is 4. The number of aliphatic hydroxyl groups is 2. The second-order valence-electron chi connectivity index (χ2n) is 19.2. The summed E-state index contributed by atoms with van der Waals surface area (Å²) in [4.78, 5) is 27.3. The van der Waals surface area contributed by atoms with E-state index in [1.54, 1.807) is 48.5 Å². The highest BCUT2D eigenvalue weighted by Crippen LogP contribution is 2.38. The number of carbonyl (C=O) groups excluding carboxylic acids is 2. The van der Waals surface area contributed by atoms with Gasteiger partial charge in [0.1, 0.15) is 32.5 Å². The monoisotopic (exact) mass is 1130 g/mol. The van der Waals surface area contributed by atoms with Crippen LogP contribution in [0.25, 0.3) is 21.5 Å². The summed E-state index contributed by atoms with van der Waals surface area (Å²) in [6.07, 6.45) is 0.758. The van der Waals surface area contributed by atoms with Crippen LogP contribution in [0.5, 0.6) is 23.0 Å². The molecule has 0 saturated carbocycles. The van der Waals surface area contributed by atoms with Crippen LogP contribution in [0.1, 0.15) is 74.0 Å². The number of alkyl halides is 4. The molecule has 0 radical (unpaired) electrons. The number of carbonyl (C=O) groups is 2. The molecule has 21 heteroatoms. The van der Waals surface area contributed by atoms with E-state index in [9.17, 15) is 37.4 Å². The summed E-state index contributed by atoms with van der Waals surface area (Å²) in [5, 5.41) is 28.2. The number of rotatable bonds is 15. The summed E-state index contributed by atoms with van der Waals surface area (Å²) in [5.41, 5.74) is 6.97. The highest BCUT2D eigenvalue weighted by Gasteiger charge is 2.41. The number of nitrogens with two attached hydrogens (primary N) is 1. The van der Waals surface area contributed by atoms with Crippen LogP contribution in [0, 0.1) is 11.6 Å². The van der Waals surface area contributed by atoms with Gasteiger partial charge in [-0.2, -0.15) is 17.6 Å². The first-order valence-electron chi connectivity index (χ1n) is 25.0. The third-order valence-corrected chi connectivity index (χ3v) is 14.1. The van der Waals surface area contributed by atoms with Crippen molar-refractivity contribution in [3.63, 3.8) is 0 Å². The number of likely N-dealkylation sites (tertiary alicyclic amines) is 2. The van der Waals surface area contributed by atoms with Crippen molar-refractivity contribution in [3.8, 4) is 23.0 Å². The molecule has 7 N–H and O–H groups in total. The number of benzene rings is 6. The molecule has 0 bridgehead atoms. The molecule has 1 amide bonds. The maximum absolute atomic E-state index is 15.1. The van der Waals surface area contributed by atoms with Crippen molar-refractivity contribution in [1.29, 1.82) is 0 Å². The molecule has 4 atom stereocenters. The van der Waals surface area contributed by atoms with E-state index in [4.69, 9.17) is 47.9 Å². The first kappa shape index (κ1) is 61.3. The zero-order valence-electron chi connectivity index (χ0n) is 41.8. The summed E-state index contributed by atoms with van der Waals surface area (Å²) < 4.78 is 106.